The highest BCUT2D eigenvalue weighted by Crippen LogP contribution is 2.22. The Morgan fingerprint density at radius 3 is 2.26 bits per heavy atom. The standard InChI is InChI=1S/C18H19F2N3O2S2/c19-13-4-9-17(16(20)12-13)22-18(26)21-14-5-7-15(8-6-14)27(24,25)23-10-2-1-3-11-23/h4-9,12H,1-3,10-11H2,(H2,21,22,26). The maximum Gasteiger partial charge on any atom is 0.243 e. The lowest BCUT2D eigenvalue weighted by Crippen LogP contribution is -2.35. The molecule has 2 aromatic rings. The summed E-state index contributed by atoms with van der Waals surface area (Å²) >= 11 is 5.11. The number of nitrogens with one attached hydrogen (secondary N) is 2. The molecule has 1 saturated heterocycles. The van der Waals surface area contributed by atoms with Crippen molar-refractivity contribution in [1.82, 2.24) is 4.31 Å². The third-order valence-corrected chi connectivity index (χ3v) is 6.36. The molecule has 0 spiro atoms. The summed E-state index contributed by atoms with van der Waals surface area (Å²) in [6.07, 6.45) is 2.80. The Kier molecular flexibility index (Phi) is 6.03. The van der Waals surface area contributed by atoms with Gasteiger partial charge in [-0.25, -0.2) is 17.2 Å². The van der Waals surface area contributed by atoms with Gasteiger partial charge in [0.05, 0.1) is 10.6 Å². The summed E-state index contributed by atoms with van der Waals surface area (Å²) in [6, 6.07) is 9.31. The number of hydrogen-bond acceptors (Lipinski definition) is 3. The van der Waals surface area contributed by atoms with Crippen molar-refractivity contribution in [3.63, 3.8) is 0 Å². The molecule has 0 radical (unpaired) electrons. The Bertz CT molecular complexity index is 928. The highest BCUT2D eigenvalue weighted by molar-refractivity contribution is 7.89. The number of anilines is 2. The van der Waals surface area contributed by atoms with Crippen LogP contribution in [-0.4, -0.2) is 30.9 Å². The van der Waals surface area contributed by atoms with Crippen molar-refractivity contribution in [3.05, 3.63) is 54.1 Å². The van der Waals surface area contributed by atoms with Crippen molar-refractivity contribution in [2.75, 3.05) is 23.7 Å². The number of sulfonamides is 1. The molecule has 9 heteroatoms. The van der Waals surface area contributed by atoms with Crippen LogP contribution in [-0.2, 0) is 10.0 Å². The zero-order valence-corrected chi connectivity index (χ0v) is 16.0. The van der Waals surface area contributed by atoms with E-state index in [1.165, 1.54) is 22.5 Å². The molecule has 0 bridgehead atoms. The summed E-state index contributed by atoms with van der Waals surface area (Å²) in [6.45, 7) is 1.08. The second-order valence-corrected chi connectivity index (χ2v) is 8.54. The van der Waals surface area contributed by atoms with Crippen molar-refractivity contribution in [2.45, 2.75) is 24.2 Å². The average Bonchev–Trinajstić information content (AvgIpc) is 2.65. The van der Waals surface area contributed by atoms with Gasteiger partial charge in [-0.3, -0.25) is 0 Å². The van der Waals surface area contributed by atoms with E-state index < -0.39 is 21.7 Å². The lowest BCUT2D eigenvalue weighted by molar-refractivity contribution is 0.346. The quantitative estimate of drug-likeness (QED) is 0.746. The zero-order chi connectivity index (χ0) is 19.4. The van der Waals surface area contributed by atoms with E-state index in [0.29, 0.717) is 18.8 Å². The van der Waals surface area contributed by atoms with Crippen LogP contribution in [0.15, 0.2) is 47.4 Å². The fourth-order valence-corrected chi connectivity index (χ4v) is 4.58. The molecular formula is C18H19F2N3O2S2. The first-order valence-electron chi connectivity index (χ1n) is 8.49. The molecule has 144 valence electrons. The van der Waals surface area contributed by atoms with E-state index >= 15 is 0 Å². The molecule has 1 heterocycles. The third-order valence-electron chi connectivity index (χ3n) is 4.24. The van der Waals surface area contributed by atoms with Crippen LogP contribution in [0.25, 0.3) is 0 Å². The van der Waals surface area contributed by atoms with Crippen molar-refractivity contribution in [3.8, 4) is 0 Å². The van der Waals surface area contributed by atoms with Crippen molar-refractivity contribution in [2.24, 2.45) is 0 Å². The number of halogens is 2. The number of thiocarbonyl (C=S) groups is 1. The third kappa shape index (κ3) is 4.79. The van der Waals surface area contributed by atoms with Crippen LogP contribution < -0.4 is 10.6 Å². The van der Waals surface area contributed by atoms with Gasteiger partial charge in [0.25, 0.3) is 0 Å². The van der Waals surface area contributed by atoms with Gasteiger partial charge < -0.3 is 10.6 Å². The minimum absolute atomic E-state index is 0.0400. The molecule has 5 nitrogen and oxygen atoms in total. The van der Waals surface area contributed by atoms with Crippen LogP contribution in [0.4, 0.5) is 20.2 Å². The Morgan fingerprint density at radius 2 is 1.63 bits per heavy atom. The Labute approximate surface area is 162 Å². The molecule has 2 aromatic carbocycles. The minimum atomic E-state index is -3.49. The van der Waals surface area contributed by atoms with Gasteiger partial charge in [-0.2, -0.15) is 4.31 Å². The summed E-state index contributed by atoms with van der Waals surface area (Å²) in [5, 5.41) is 5.58. The first-order valence-corrected chi connectivity index (χ1v) is 10.3. The largest absolute Gasteiger partial charge is 0.332 e. The molecule has 3 rings (SSSR count). The molecule has 0 atom stereocenters. The van der Waals surface area contributed by atoms with Gasteiger partial charge in [-0.15, -0.1) is 0 Å². The van der Waals surface area contributed by atoms with Crippen LogP contribution >= 0.6 is 12.2 Å². The Morgan fingerprint density at radius 1 is 0.963 bits per heavy atom. The zero-order valence-electron chi connectivity index (χ0n) is 14.4. The van der Waals surface area contributed by atoms with Crippen molar-refractivity contribution < 1.29 is 17.2 Å². The number of nitrogens with zero attached hydrogens (tertiary/aromatic N) is 1. The van der Waals surface area contributed by atoms with Crippen molar-refractivity contribution >= 4 is 38.7 Å². The molecule has 1 fully saturated rings. The van der Waals surface area contributed by atoms with Gasteiger partial charge in [-0.05, 0) is 61.5 Å². The van der Waals surface area contributed by atoms with E-state index in [4.69, 9.17) is 12.2 Å². The van der Waals surface area contributed by atoms with Crippen LogP contribution in [0.5, 0.6) is 0 Å². The molecule has 0 saturated carbocycles. The second-order valence-electron chi connectivity index (χ2n) is 6.19. The molecule has 0 aliphatic carbocycles. The molecule has 1 aliphatic rings. The molecule has 0 amide bonds. The normalized spacial score (nSPS) is 15.3. The topological polar surface area (TPSA) is 61.4 Å². The monoisotopic (exact) mass is 411 g/mol. The predicted molar refractivity (Wildman–Crippen MR) is 105 cm³/mol. The summed E-state index contributed by atoms with van der Waals surface area (Å²) in [7, 11) is -3.49. The Hall–Kier alpha value is -2.10. The first-order chi connectivity index (χ1) is 12.9. The van der Waals surface area contributed by atoms with E-state index in [1.54, 1.807) is 12.1 Å². The molecule has 0 unspecified atom stereocenters. The number of hydrogen-bond donors (Lipinski definition) is 2. The smallest absolute Gasteiger partial charge is 0.243 e. The number of piperidine rings is 1. The fraction of sp³-hybridized carbons (Fsp3) is 0.278. The SMILES string of the molecule is O=S(=O)(c1ccc(NC(=S)Nc2ccc(F)cc2F)cc1)N1CCCCC1. The molecule has 1 aliphatic heterocycles. The lowest BCUT2D eigenvalue weighted by atomic mass is 10.2. The highest BCUT2D eigenvalue weighted by Gasteiger charge is 2.25. The summed E-state index contributed by atoms with van der Waals surface area (Å²) in [4.78, 5) is 0.221. The Balaban J connectivity index is 1.65. The molecule has 0 aromatic heterocycles. The lowest BCUT2D eigenvalue weighted by Gasteiger charge is -2.25. The molecule has 27 heavy (non-hydrogen) atoms. The maximum atomic E-state index is 13.6. The van der Waals surface area contributed by atoms with Crippen LogP contribution in [0.3, 0.4) is 0 Å². The summed E-state index contributed by atoms with van der Waals surface area (Å²) < 4.78 is 53.3. The van der Waals surface area contributed by atoms with Gasteiger partial charge in [0.1, 0.15) is 11.6 Å². The maximum absolute atomic E-state index is 13.6. The molecular weight excluding hydrogens is 392 g/mol. The van der Waals surface area contributed by atoms with Crippen LogP contribution in [0, 0.1) is 11.6 Å². The van der Waals surface area contributed by atoms with E-state index in [2.05, 4.69) is 10.6 Å². The first kappa shape index (κ1) is 19.7. The van der Waals surface area contributed by atoms with Gasteiger partial charge in [0.2, 0.25) is 10.0 Å². The number of rotatable bonds is 4. The van der Waals surface area contributed by atoms with Gasteiger partial charge in [0, 0.05) is 24.8 Å². The van der Waals surface area contributed by atoms with E-state index in [9.17, 15) is 17.2 Å². The van der Waals surface area contributed by atoms with Gasteiger partial charge in [-0.1, -0.05) is 6.42 Å². The fourth-order valence-electron chi connectivity index (χ4n) is 2.84. The van der Waals surface area contributed by atoms with E-state index in [-0.39, 0.29) is 15.7 Å². The van der Waals surface area contributed by atoms with E-state index in [0.717, 1.165) is 31.4 Å². The van der Waals surface area contributed by atoms with Crippen LogP contribution in [0.2, 0.25) is 0 Å². The van der Waals surface area contributed by atoms with E-state index in [1.807, 2.05) is 0 Å². The number of benzene rings is 2. The molecule has 2 N–H and O–H groups in total. The minimum Gasteiger partial charge on any atom is -0.332 e. The average molecular weight is 411 g/mol. The van der Waals surface area contributed by atoms with Crippen molar-refractivity contribution in [1.29, 1.82) is 0 Å². The van der Waals surface area contributed by atoms with Gasteiger partial charge in [0.15, 0.2) is 5.11 Å². The van der Waals surface area contributed by atoms with Crippen LogP contribution in [0.1, 0.15) is 19.3 Å². The summed E-state index contributed by atoms with van der Waals surface area (Å²) in [5.41, 5.74) is 0.589. The predicted octanol–water partition coefficient (Wildman–Crippen LogP) is 3.95. The summed E-state index contributed by atoms with van der Waals surface area (Å²) in [5.74, 6) is -1.44. The highest BCUT2D eigenvalue weighted by atomic mass is 32.2. The van der Waals surface area contributed by atoms with Gasteiger partial charge >= 0.3 is 0 Å². The second kappa shape index (κ2) is 8.28.